The number of carboxylic acid groups (broad SMARTS) is 3. The van der Waals surface area contributed by atoms with Crippen molar-refractivity contribution in [3.05, 3.63) is 59.9 Å². The molecular formula is C17H15FO6Pd. The van der Waals surface area contributed by atoms with Gasteiger partial charge in [0.2, 0.25) is 0 Å². The summed E-state index contributed by atoms with van der Waals surface area (Å²) < 4.78 is 13.0. The van der Waals surface area contributed by atoms with Crippen molar-refractivity contribution in [1.29, 1.82) is 0 Å². The molecule has 0 unspecified atom stereocenters. The van der Waals surface area contributed by atoms with Crippen molar-refractivity contribution in [2.45, 2.75) is 13.8 Å². The van der Waals surface area contributed by atoms with E-state index < -0.39 is 23.7 Å². The molecule has 0 aromatic heterocycles. The first-order chi connectivity index (χ1) is 11.1. The van der Waals surface area contributed by atoms with Crippen LogP contribution in [0.1, 0.15) is 24.2 Å². The first-order valence-corrected chi connectivity index (χ1v) is 6.58. The van der Waals surface area contributed by atoms with E-state index in [1.807, 2.05) is 18.2 Å². The quantitative estimate of drug-likeness (QED) is 0.687. The zero-order valence-electron chi connectivity index (χ0n) is 13.3. The number of carbonyl (C=O) groups excluding carboxylic acids is 2. The fourth-order valence-corrected chi connectivity index (χ4v) is 1.56. The van der Waals surface area contributed by atoms with E-state index in [0.717, 1.165) is 25.5 Å². The van der Waals surface area contributed by atoms with E-state index in [9.17, 15) is 9.18 Å². The Morgan fingerprint density at radius 2 is 1.36 bits per heavy atom. The summed E-state index contributed by atoms with van der Waals surface area (Å²) in [6, 6.07) is 12.8. The van der Waals surface area contributed by atoms with E-state index in [2.05, 4.69) is 0 Å². The van der Waals surface area contributed by atoms with Gasteiger partial charge in [0.15, 0.2) is 0 Å². The summed E-state index contributed by atoms with van der Waals surface area (Å²) in [5.74, 6) is -3.84. The second-order valence-corrected chi connectivity index (χ2v) is 4.34. The van der Waals surface area contributed by atoms with Gasteiger partial charge < -0.3 is 24.9 Å². The molecule has 0 aliphatic rings. The van der Waals surface area contributed by atoms with Gasteiger partial charge in [-0.25, -0.2) is 9.18 Å². The summed E-state index contributed by atoms with van der Waals surface area (Å²) in [7, 11) is 0. The minimum absolute atomic E-state index is 0. The summed E-state index contributed by atoms with van der Waals surface area (Å²) >= 11 is 0. The maximum absolute atomic E-state index is 13.0. The van der Waals surface area contributed by atoms with Crippen LogP contribution in [0, 0.1) is 5.82 Å². The Kier molecular flexibility index (Phi) is 12.7. The van der Waals surface area contributed by atoms with Gasteiger partial charge in [0.1, 0.15) is 5.82 Å². The molecule has 2 rings (SSSR count). The van der Waals surface area contributed by atoms with E-state index in [4.69, 9.17) is 24.9 Å². The van der Waals surface area contributed by atoms with Gasteiger partial charge >= 0.3 is 26.4 Å². The normalized spacial score (nSPS) is 8.44. The molecule has 0 aliphatic carbocycles. The van der Waals surface area contributed by atoms with Crippen molar-refractivity contribution < 1.29 is 54.5 Å². The van der Waals surface area contributed by atoms with Gasteiger partial charge in [-0.1, -0.05) is 36.4 Å². The average Bonchev–Trinajstić information content (AvgIpc) is 2.47. The molecule has 0 saturated carbocycles. The third kappa shape index (κ3) is 11.6. The zero-order chi connectivity index (χ0) is 18.7. The Labute approximate surface area is 157 Å². The summed E-state index contributed by atoms with van der Waals surface area (Å²) in [6.45, 7) is 1.94. The molecule has 2 aromatic carbocycles. The molecule has 136 valence electrons. The van der Waals surface area contributed by atoms with Crippen LogP contribution >= 0.6 is 0 Å². The van der Waals surface area contributed by atoms with Gasteiger partial charge in [-0.05, 0) is 37.1 Å². The molecule has 0 spiro atoms. The van der Waals surface area contributed by atoms with Crippen LogP contribution < -0.4 is 10.2 Å². The van der Waals surface area contributed by atoms with Crippen LogP contribution in [0.15, 0.2) is 48.5 Å². The second-order valence-electron chi connectivity index (χ2n) is 4.34. The van der Waals surface area contributed by atoms with Crippen LogP contribution in [-0.2, 0) is 30.0 Å². The average molecular weight is 441 g/mol. The van der Waals surface area contributed by atoms with Crippen molar-refractivity contribution in [1.82, 2.24) is 0 Å². The Morgan fingerprint density at radius 3 is 1.76 bits per heavy atom. The minimum Gasteiger partial charge on any atom is -0.550 e. The second kappa shape index (κ2) is 12.8. The van der Waals surface area contributed by atoms with Crippen molar-refractivity contribution in [3.8, 4) is 11.1 Å². The summed E-state index contributed by atoms with van der Waals surface area (Å²) in [6.07, 6.45) is 0. The van der Waals surface area contributed by atoms with Gasteiger partial charge in [0.25, 0.3) is 0 Å². The molecule has 0 bridgehead atoms. The van der Waals surface area contributed by atoms with Crippen LogP contribution in [0.4, 0.5) is 4.39 Å². The Morgan fingerprint density at radius 1 is 0.920 bits per heavy atom. The predicted octanol–water partition coefficient (Wildman–Crippen LogP) is 0.701. The molecular weight excluding hydrogens is 426 g/mol. The Bertz CT molecular complexity index is 684. The number of hydrogen-bond donors (Lipinski definition) is 1. The summed E-state index contributed by atoms with van der Waals surface area (Å²) in [5.41, 5.74) is 1.26. The third-order valence-electron chi connectivity index (χ3n) is 2.30. The molecule has 1 N–H and O–H groups in total. The number of halogens is 1. The zero-order valence-corrected chi connectivity index (χ0v) is 14.9. The van der Waals surface area contributed by atoms with Crippen molar-refractivity contribution in [2.24, 2.45) is 0 Å². The number of carbonyl (C=O) groups is 3. The SMILES string of the molecule is CC(=O)[O-].CC(=O)[O-].O=C(O)c1cc(F)ccc1-c1ccccc1.[Pd+2]. The molecule has 0 fully saturated rings. The molecule has 6 nitrogen and oxygen atoms in total. The van der Waals surface area contributed by atoms with E-state index in [1.165, 1.54) is 12.1 Å². The fraction of sp³-hybridized carbons (Fsp3) is 0.118. The van der Waals surface area contributed by atoms with Crippen molar-refractivity contribution in [2.75, 3.05) is 0 Å². The van der Waals surface area contributed by atoms with Crippen LogP contribution in [0.5, 0.6) is 0 Å². The van der Waals surface area contributed by atoms with Gasteiger partial charge in [0.05, 0.1) is 5.56 Å². The predicted molar refractivity (Wildman–Crippen MR) is 80.2 cm³/mol. The van der Waals surface area contributed by atoms with Gasteiger partial charge in [0, 0.05) is 11.9 Å². The topological polar surface area (TPSA) is 118 Å². The van der Waals surface area contributed by atoms with Crippen LogP contribution in [0.3, 0.4) is 0 Å². The number of aromatic carboxylic acids is 1. The van der Waals surface area contributed by atoms with Gasteiger partial charge in [-0.3, -0.25) is 0 Å². The molecule has 0 atom stereocenters. The number of carboxylic acids is 3. The number of aliphatic carboxylic acids is 2. The maximum Gasteiger partial charge on any atom is 2.00 e. The molecule has 0 amide bonds. The molecule has 0 heterocycles. The Balaban J connectivity index is 0. The van der Waals surface area contributed by atoms with Crippen molar-refractivity contribution >= 4 is 17.9 Å². The molecule has 0 radical (unpaired) electrons. The van der Waals surface area contributed by atoms with E-state index >= 15 is 0 Å². The number of hydrogen-bond acceptors (Lipinski definition) is 5. The van der Waals surface area contributed by atoms with Gasteiger partial charge in [-0.2, -0.15) is 0 Å². The first-order valence-electron chi connectivity index (χ1n) is 6.58. The molecule has 8 heteroatoms. The fourth-order valence-electron chi connectivity index (χ4n) is 1.56. The van der Waals surface area contributed by atoms with E-state index in [0.29, 0.717) is 5.56 Å². The molecule has 25 heavy (non-hydrogen) atoms. The minimum atomic E-state index is -1.13. The molecule has 0 aliphatic heterocycles. The largest absolute Gasteiger partial charge is 2.00 e. The molecule has 2 aromatic rings. The monoisotopic (exact) mass is 440 g/mol. The molecule has 0 saturated heterocycles. The number of rotatable bonds is 2. The maximum atomic E-state index is 13.0. The van der Waals surface area contributed by atoms with Crippen LogP contribution in [0.2, 0.25) is 0 Å². The third-order valence-corrected chi connectivity index (χ3v) is 2.30. The van der Waals surface area contributed by atoms with Crippen molar-refractivity contribution in [3.63, 3.8) is 0 Å². The first kappa shape index (κ1) is 24.7. The smallest absolute Gasteiger partial charge is 0.550 e. The standard InChI is InChI=1S/C13H9FO2.2C2H4O2.Pd/c14-10-6-7-11(12(8-10)13(15)16)9-4-2-1-3-5-9;2*1-2(3)4;/h1-8H,(H,15,16);2*1H3,(H,3,4);/q;;;+2/p-2. The van der Waals surface area contributed by atoms with Crippen LogP contribution in [-0.4, -0.2) is 23.0 Å². The van der Waals surface area contributed by atoms with E-state index in [-0.39, 0.29) is 26.0 Å². The van der Waals surface area contributed by atoms with E-state index in [1.54, 1.807) is 12.1 Å². The Hall–Kier alpha value is -2.56. The number of benzene rings is 2. The van der Waals surface area contributed by atoms with Crippen LogP contribution in [0.25, 0.3) is 11.1 Å². The summed E-state index contributed by atoms with van der Waals surface area (Å²) in [4.78, 5) is 28.8. The van der Waals surface area contributed by atoms with Gasteiger partial charge in [-0.15, -0.1) is 0 Å². The summed E-state index contributed by atoms with van der Waals surface area (Å²) in [5, 5.41) is 26.8.